The minimum absolute atomic E-state index is 0.0293. The maximum atomic E-state index is 11.8. The van der Waals surface area contributed by atoms with Gasteiger partial charge in [-0.15, -0.1) is 0 Å². The van der Waals surface area contributed by atoms with Gasteiger partial charge in [-0.25, -0.2) is 0 Å². The number of hydrogen-bond acceptors (Lipinski definition) is 4. The van der Waals surface area contributed by atoms with Crippen LogP contribution in [0.5, 0.6) is 5.75 Å². The summed E-state index contributed by atoms with van der Waals surface area (Å²) in [5, 5.41) is 10.5. The summed E-state index contributed by atoms with van der Waals surface area (Å²) in [6, 6.07) is 15.0. The second-order valence-electron chi connectivity index (χ2n) is 4.49. The number of non-ortho nitro benzene ring substituents is 1. The number of Topliss-reactive ketones (excluding diaryl/α,β-unsaturated/α-hetero) is 1. The average Bonchev–Trinajstić information content (AvgIpc) is 2.52. The van der Waals surface area contributed by atoms with Crippen molar-refractivity contribution in [1.82, 2.24) is 0 Å². The first-order chi connectivity index (χ1) is 10.2. The molecule has 0 amide bonds. The molecule has 0 aliphatic carbocycles. The summed E-state index contributed by atoms with van der Waals surface area (Å²) >= 11 is 0. The van der Waals surface area contributed by atoms with Crippen molar-refractivity contribution in [1.29, 1.82) is 0 Å². The monoisotopic (exact) mass is 285 g/mol. The number of hydrogen-bond donors (Lipinski definition) is 0. The number of rotatable bonds is 7. The fraction of sp³-hybridized carbons (Fsp3) is 0.188. The van der Waals surface area contributed by atoms with Gasteiger partial charge in [0.25, 0.3) is 5.69 Å². The molecule has 2 rings (SSSR count). The third-order valence-electron chi connectivity index (χ3n) is 2.96. The number of ether oxygens (including phenoxy) is 1. The summed E-state index contributed by atoms with van der Waals surface area (Å²) in [7, 11) is 0. The SMILES string of the molecule is O=C(CCCOc1ccc([N+](=O)[O-])cc1)c1ccccc1. The van der Waals surface area contributed by atoms with Crippen molar-refractivity contribution in [3.8, 4) is 5.75 Å². The number of nitro groups is 1. The first kappa shape index (κ1) is 14.7. The Bertz CT molecular complexity index is 608. The van der Waals surface area contributed by atoms with Gasteiger partial charge < -0.3 is 4.74 Å². The molecule has 108 valence electrons. The molecule has 0 saturated carbocycles. The van der Waals surface area contributed by atoms with Gasteiger partial charge in [-0.05, 0) is 18.6 Å². The van der Waals surface area contributed by atoms with Crippen LogP contribution in [0.3, 0.4) is 0 Å². The summed E-state index contributed by atoms with van der Waals surface area (Å²) in [6.07, 6.45) is 1.02. The lowest BCUT2D eigenvalue weighted by Gasteiger charge is -2.05. The lowest BCUT2D eigenvalue weighted by Crippen LogP contribution is -2.03. The molecule has 0 bridgehead atoms. The molecule has 0 atom stereocenters. The van der Waals surface area contributed by atoms with Gasteiger partial charge in [-0.2, -0.15) is 0 Å². The Kier molecular flexibility index (Phi) is 5.04. The van der Waals surface area contributed by atoms with Crippen LogP contribution in [-0.4, -0.2) is 17.3 Å². The van der Waals surface area contributed by atoms with Crippen LogP contribution in [0.4, 0.5) is 5.69 Å². The maximum Gasteiger partial charge on any atom is 0.269 e. The van der Waals surface area contributed by atoms with Crippen LogP contribution < -0.4 is 4.74 Å². The predicted molar refractivity (Wildman–Crippen MR) is 78.6 cm³/mol. The number of ketones is 1. The van der Waals surface area contributed by atoms with Crippen molar-refractivity contribution in [2.24, 2.45) is 0 Å². The highest BCUT2D eigenvalue weighted by Gasteiger charge is 2.06. The molecule has 0 radical (unpaired) electrons. The molecular weight excluding hydrogens is 270 g/mol. The predicted octanol–water partition coefficient (Wildman–Crippen LogP) is 3.64. The minimum Gasteiger partial charge on any atom is -0.494 e. The van der Waals surface area contributed by atoms with E-state index >= 15 is 0 Å². The van der Waals surface area contributed by atoms with Gasteiger partial charge in [0, 0.05) is 24.1 Å². The Balaban J connectivity index is 1.75. The fourth-order valence-corrected chi connectivity index (χ4v) is 1.86. The van der Waals surface area contributed by atoms with E-state index in [-0.39, 0.29) is 11.5 Å². The van der Waals surface area contributed by atoms with Crippen molar-refractivity contribution in [2.45, 2.75) is 12.8 Å². The van der Waals surface area contributed by atoms with Gasteiger partial charge in [0.05, 0.1) is 11.5 Å². The molecule has 5 nitrogen and oxygen atoms in total. The summed E-state index contributed by atoms with van der Waals surface area (Å²) in [6.45, 7) is 0.399. The van der Waals surface area contributed by atoms with Crippen molar-refractivity contribution in [3.05, 3.63) is 70.3 Å². The lowest BCUT2D eigenvalue weighted by atomic mass is 10.1. The molecule has 2 aromatic rings. The number of nitro benzene ring substituents is 1. The Labute approximate surface area is 122 Å². The van der Waals surface area contributed by atoms with Crippen molar-refractivity contribution >= 4 is 11.5 Å². The number of carbonyl (C=O) groups excluding carboxylic acids is 1. The molecule has 2 aromatic carbocycles. The van der Waals surface area contributed by atoms with Crippen LogP contribution >= 0.6 is 0 Å². The van der Waals surface area contributed by atoms with Gasteiger partial charge in [0.2, 0.25) is 0 Å². The summed E-state index contributed by atoms with van der Waals surface area (Å²) in [5.41, 5.74) is 0.731. The minimum atomic E-state index is -0.456. The van der Waals surface area contributed by atoms with Gasteiger partial charge >= 0.3 is 0 Å². The van der Waals surface area contributed by atoms with Gasteiger partial charge in [0.15, 0.2) is 5.78 Å². The topological polar surface area (TPSA) is 69.4 Å². The molecule has 0 unspecified atom stereocenters. The van der Waals surface area contributed by atoms with Crippen molar-refractivity contribution < 1.29 is 14.5 Å². The standard InChI is InChI=1S/C16H15NO4/c18-16(13-5-2-1-3-6-13)7-4-12-21-15-10-8-14(9-11-15)17(19)20/h1-3,5-6,8-11H,4,7,12H2. The summed E-state index contributed by atoms with van der Waals surface area (Å²) in [4.78, 5) is 21.9. The van der Waals surface area contributed by atoms with Gasteiger partial charge in [0.1, 0.15) is 5.75 Å². The number of carbonyl (C=O) groups is 1. The zero-order chi connectivity index (χ0) is 15.1. The lowest BCUT2D eigenvalue weighted by molar-refractivity contribution is -0.384. The Hall–Kier alpha value is -2.69. The van der Waals surface area contributed by atoms with Crippen LogP contribution in [0.25, 0.3) is 0 Å². The smallest absolute Gasteiger partial charge is 0.269 e. The van der Waals surface area contributed by atoms with Gasteiger partial charge in [-0.1, -0.05) is 30.3 Å². The van der Waals surface area contributed by atoms with E-state index in [1.54, 1.807) is 24.3 Å². The normalized spacial score (nSPS) is 10.1. The van der Waals surface area contributed by atoms with Crippen LogP contribution in [0.2, 0.25) is 0 Å². The van der Waals surface area contributed by atoms with E-state index in [4.69, 9.17) is 4.74 Å². The number of nitrogens with zero attached hydrogens (tertiary/aromatic N) is 1. The highest BCUT2D eigenvalue weighted by atomic mass is 16.6. The molecule has 0 fully saturated rings. The van der Waals surface area contributed by atoms with E-state index < -0.39 is 4.92 Å². The fourth-order valence-electron chi connectivity index (χ4n) is 1.86. The Morgan fingerprint density at radius 1 is 1.05 bits per heavy atom. The number of benzene rings is 2. The quantitative estimate of drug-likeness (QED) is 0.337. The zero-order valence-electron chi connectivity index (χ0n) is 11.4. The zero-order valence-corrected chi connectivity index (χ0v) is 11.4. The van der Waals surface area contributed by atoms with E-state index in [2.05, 4.69) is 0 Å². The maximum absolute atomic E-state index is 11.8. The van der Waals surface area contributed by atoms with E-state index in [1.165, 1.54) is 12.1 Å². The van der Waals surface area contributed by atoms with Crippen LogP contribution in [-0.2, 0) is 0 Å². The summed E-state index contributed by atoms with van der Waals surface area (Å²) < 4.78 is 5.45. The molecule has 0 spiro atoms. The van der Waals surface area contributed by atoms with Gasteiger partial charge in [-0.3, -0.25) is 14.9 Å². The molecular formula is C16H15NO4. The van der Waals surface area contributed by atoms with Crippen LogP contribution in [0.15, 0.2) is 54.6 Å². The van der Waals surface area contributed by atoms with E-state index in [0.717, 1.165) is 0 Å². The van der Waals surface area contributed by atoms with Crippen molar-refractivity contribution in [3.63, 3.8) is 0 Å². The highest BCUT2D eigenvalue weighted by Crippen LogP contribution is 2.17. The molecule has 0 heterocycles. The van der Waals surface area contributed by atoms with E-state index in [1.807, 2.05) is 18.2 Å². The molecule has 0 saturated heterocycles. The Morgan fingerprint density at radius 2 is 1.71 bits per heavy atom. The third kappa shape index (κ3) is 4.42. The van der Waals surface area contributed by atoms with E-state index in [0.29, 0.717) is 30.8 Å². The van der Waals surface area contributed by atoms with Crippen molar-refractivity contribution in [2.75, 3.05) is 6.61 Å². The molecule has 0 aliphatic rings. The second kappa shape index (κ2) is 7.19. The first-order valence-corrected chi connectivity index (χ1v) is 6.62. The molecule has 5 heteroatoms. The summed E-state index contributed by atoms with van der Waals surface area (Å²) in [5.74, 6) is 0.649. The second-order valence-corrected chi connectivity index (χ2v) is 4.49. The average molecular weight is 285 g/mol. The largest absolute Gasteiger partial charge is 0.494 e. The molecule has 0 aromatic heterocycles. The van der Waals surface area contributed by atoms with Crippen LogP contribution in [0, 0.1) is 10.1 Å². The van der Waals surface area contributed by atoms with E-state index in [9.17, 15) is 14.9 Å². The first-order valence-electron chi connectivity index (χ1n) is 6.62. The highest BCUT2D eigenvalue weighted by molar-refractivity contribution is 5.95. The Morgan fingerprint density at radius 3 is 2.33 bits per heavy atom. The van der Waals surface area contributed by atoms with Crippen LogP contribution in [0.1, 0.15) is 23.2 Å². The molecule has 0 aliphatic heterocycles. The molecule has 21 heavy (non-hydrogen) atoms. The third-order valence-corrected chi connectivity index (χ3v) is 2.96. The molecule has 0 N–H and O–H groups in total.